The maximum Gasteiger partial charge on any atom is 0.255 e. The fourth-order valence-electron chi connectivity index (χ4n) is 2.59. The van der Waals surface area contributed by atoms with E-state index in [0.29, 0.717) is 29.6 Å². The molecule has 1 aromatic carbocycles. The van der Waals surface area contributed by atoms with Crippen molar-refractivity contribution in [3.63, 3.8) is 0 Å². The number of benzene rings is 1. The normalized spacial score (nSPS) is 13.5. The van der Waals surface area contributed by atoms with Crippen molar-refractivity contribution in [3.05, 3.63) is 51.4 Å². The minimum atomic E-state index is 0.00788. The van der Waals surface area contributed by atoms with Gasteiger partial charge in [-0.1, -0.05) is 6.07 Å². The third-order valence-corrected chi connectivity index (χ3v) is 4.90. The van der Waals surface area contributed by atoms with E-state index in [4.69, 9.17) is 9.47 Å². The van der Waals surface area contributed by atoms with Gasteiger partial charge in [-0.3, -0.25) is 9.78 Å². The van der Waals surface area contributed by atoms with E-state index >= 15 is 0 Å². The zero-order chi connectivity index (χ0) is 17.1. The molecule has 0 radical (unpaired) electrons. The van der Waals surface area contributed by atoms with Gasteiger partial charge in [0.15, 0.2) is 11.5 Å². The Morgan fingerprint density at radius 1 is 1.25 bits per heavy atom. The van der Waals surface area contributed by atoms with E-state index in [2.05, 4.69) is 27.6 Å². The second kappa shape index (κ2) is 7.38. The number of amides is 1. The lowest BCUT2D eigenvalue weighted by molar-refractivity contribution is 0.0726. The van der Waals surface area contributed by atoms with Gasteiger partial charge >= 0.3 is 0 Å². The monoisotopic (exact) mass is 438 g/mol. The van der Waals surface area contributed by atoms with Gasteiger partial charge in [0, 0.05) is 15.8 Å². The number of nitrogens with zero attached hydrogens (tertiary/aromatic N) is 2. The molecule has 126 valence electrons. The predicted molar refractivity (Wildman–Crippen MR) is 99.4 cm³/mol. The van der Waals surface area contributed by atoms with Crippen LogP contribution in [-0.2, 0) is 6.54 Å². The zero-order valence-electron chi connectivity index (χ0n) is 13.7. The third kappa shape index (κ3) is 3.63. The van der Waals surface area contributed by atoms with E-state index in [1.54, 1.807) is 26.5 Å². The van der Waals surface area contributed by atoms with E-state index in [-0.39, 0.29) is 5.91 Å². The first-order chi connectivity index (χ1) is 11.6. The van der Waals surface area contributed by atoms with Crippen LogP contribution in [0.2, 0.25) is 0 Å². The molecule has 6 heteroatoms. The van der Waals surface area contributed by atoms with Crippen molar-refractivity contribution >= 4 is 28.5 Å². The van der Waals surface area contributed by atoms with Gasteiger partial charge in [0.05, 0.1) is 32.0 Å². The Morgan fingerprint density at radius 2 is 1.96 bits per heavy atom. The molecule has 1 heterocycles. The van der Waals surface area contributed by atoms with Crippen LogP contribution in [0, 0.1) is 3.57 Å². The van der Waals surface area contributed by atoms with Gasteiger partial charge in [-0.15, -0.1) is 0 Å². The largest absolute Gasteiger partial charge is 0.493 e. The van der Waals surface area contributed by atoms with E-state index in [1.807, 2.05) is 29.2 Å². The molecule has 1 amide bonds. The maximum absolute atomic E-state index is 13.1. The van der Waals surface area contributed by atoms with Crippen LogP contribution in [0.1, 0.15) is 28.9 Å². The van der Waals surface area contributed by atoms with Gasteiger partial charge in [0.2, 0.25) is 0 Å². The van der Waals surface area contributed by atoms with Crippen LogP contribution in [0.25, 0.3) is 0 Å². The van der Waals surface area contributed by atoms with Crippen LogP contribution in [0.3, 0.4) is 0 Å². The van der Waals surface area contributed by atoms with Crippen molar-refractivity contribution in [3.8, 4) is 11.5 Å². The fourth-order valence-corrected chi connectivity index (χ4v) is 3.26. The molecule has 0 unspecified atom stereocenters. The molecule has 1 aromatic heterocycles. The Kier molecular flexibility index (Phi) is 5.23. The van der Waals surface area contributed by atoms with Crippen LogP contribution < -0.4 is 9.47 Å². The topological polar surface area (TPSA) is 51.7 Å². The number of methoxy groups -OCH3 is 2. The Hall–Kier alpha value is -1.83. The third-order valence-electron chi connectivity index (χ3n) is 4.01. The van der Waals surface area contributed by atoms with Gasteiger partial charge in [-0.05, 0) is 59.7 Å². The maximum atomic E-state index is 13.1. The van der Waals surface area contributed by atoms with E-state index in [1.165, 1.54) is 0 Å². The molecule has 0 bridgehead atoms. The molecule has 0 saturated heterocycles. The summed E-state index contributed by atoms with van der Waals surface area (Å²) in [5.74, 6) is 1.20. The average Bonchev–Trinajstić information content (AvgIpc) is 3.44. The summed E-state index contributed by atoms with van der Waals surface area (Å²) in [5.41, 5.74) is 1.53. The van der Waals surface area contributed by atoms with Crippen LogP contribution in [0.15, 0.2) is 36.5 Å². The second-order valence-electron chi connectivity index (χ2n) is 5.67. The summed E-state index contributed by atoms with van der Waals surface area (Å²) < 4.78 is 11.5. The van der Waals surface area contributed by atoms with Crippen molar-refractivity contribution in [2.75, 3.05) is 14.2 Å². The highest BCUT2D eigenvalue weighted by Gasteiger charge is 2.34. The molecule has 24 heavy (non-hydrogen) atoms. The predicted octanol–water partition coefficient (Wildman–Crippen LogP) is 3.51. The lowest BCUT2D eigenvalue weighted by Crippen LogP contribution is -2.33. The summed E-state index contributed by atoms with van der Waals surface area (Å²) in [6, 6.07) is 9.66. The molecule has 1 fully saturated rings. The zero-order valence-corrected chi connectivity index (χ0v) is 15.8. The Balaban J connectivity index is 1.90. The van der Waals surface area contributed by atoms with Gasteiger partial charge in [0.1, 0.15) is 0 Å². The number of ether oxygens (including phenoxy) is 2. The van der Waals surface area contributed by atoms with Gasteiger partial charge in [-0.2, -0.15) is 0 Å². The quantitative estimate of drug-likeness (QED) is 0.648. The Labute approximate surface area is 155 Å². The average molecular weight is 438 g/mol. The summed E-state index contributed by atoms with van der Waals surface area (Å²) in [6.07, 6.45) is 3.84. The van der Waals surface area contributed by atoms with Gasteiger partial charge < -0.3 is 14.4 Å². The minimum Gasteiger partial charge on any atom is -0.493 e. The number of rotatable bonds is 6. The van der Waals surface area contributed by atoms with Gasteiger partial charge in [0.25, 0.3) is 5.91 Å². The molecular weight excluding hydrogens is 419 g/mol. The van der Waals surface area contributed by atoms with Gasteiger partial charge in [-0.25, -0.2) is 0 Å². The first-order valence-corrected chi connectivity index (χ1v) is 8.84. The molecule has 5 nitrogen and oxygen atoms in total. The van der Waals surface area contributed by atoms with Crippen LogP contribution >= 0.6 is 22.6 Å². The molecule has 2 aromatic rings. The van der Waals surface area contributed by atoms with E-state index < -0.39 is 0 Å². The molecule has 3 rings (SSSR count). The highest BCUT2D eigenvalue weighted by Crippen LogP contribution is 2.35. The van der Waals surface area contributed by atoms with Crippen molar-refractivity contribution < 1.29 is 14.3 Å². The molecule has 0 aliphatic heterocycles. The summed E-state index contributed by atoms with van der Waals surface area (Å²) >= 11 is 2.17. The lowest BCUT2D eigenvalue weighted by Gasteiger charge is -2.23. The molecule has 0 atom stereocenters. The Bertz CT molecular complexity index is 733. The summed E-state index contributed by atoms with van der Waals surface area (Å²) in [5, 5.41) is 0. The number of hydrogen-bond acceptors (Lipinski definition) is 4. The Morgan fingerprint density at radius 3 is 2.54 bits per heavy atom. The molecule has 1 saturated carbocycles. The molecule has 1 aliphatic carbocycles. The standard InChI is InChI=1S/C18H19IN2O3/c1-23-16-9-14(15(19)10-17(16)24-2)18(22)21(13-6-7-13)11-12-5-3-4-8-20-12/h3-5,8-10,13H,6-7,11H2,1-2H3. The smallest absolute Gasteiger partial charge is 0.255 e. The second-order valence-corrected chi connectivity index (χ2v) is 6.83. The van der Waals surface area contributed by atoms with E-state index in [9.17, 15) is 4.79 Å². The number of pyridine rings is 1. The molecule has 1 aliphatic rings. The van der Waals surface area contributed by atoms with Crippen LogP contribution in [0.5, 0.6) is 11.5 Å². The number of hydrogen-bond donors (Lipinski definition) is 0. The highest BCUT2D eigenvalue weighted by molar-refractivity contribution is 14.1. The SMILES string of the molecule is COc1cc(I)c(C(=O)N(Cc2ccccn2)C2CC2)cc1OC. The molecule has 0 spiro atoms. The lowest BCUT2D eigenvalue weighted by atomic mass is 10.1. The fraction of sp³-hybridized carbons (Fsp3) is 0.333. The number of carbonyl (C=O) groups is 1. The first-order valence-electron chi connectivity index (χ1n) is 7.76. The van der Waals surface area contributed by atoms with Crippen molar-refractivity contribution in [1.82, 2.24) is 9.88 Å². The summed E-state index contributed by atoms with van der Waals surface area (Å²) in [4.78, 5) is 19.4. The van der Waals surface area contributed by atoms with Crippen LogP contribution in [0.4, 0.5) is 0 Å². The van der Waals surface area contributed by atoms with Crippen molar-refractivity contribution in [2.24, 2.45) is 0 Å². The first kappa shape index (κ1) is 17.0. The minimum absolute atomic E-state index is 0.00788. The van der Waals surface area contributed by atoms with Crippen molar-refractivity contribution in [1.29, 1.82) is 0 Å². The molecular formula is C18H19IN2O3. The number of carbonyl (C=O) groups excluding carboxylic acids is 1. The summed E-state index contributed by atoms with van der Waals surface area (Å²) in [7, 11) is 3.17. The number of halogens is 1. The number of aromatic nitrogens is 1. The van der Waals surface area contributed by atoms with Crippen LogP contribution in [-0.4, -0.2) is 36.1 Å². The van der Waals surface area contributed by atoms with E-state index in [0.717, 1.165) is 22.1 Å². The highest BCUT2D eigenvalue weighted by atomic mass is 127. The summed E-state index contributed by atoms with van der Waals surface area (Å²) in [6.45, 7) is 0.523. The molecule has 0 N–H and O–H groups in total. The van der Waals surface area contributed by atoms with Crippen molar-refractivity contribution in [2.45, 2.75) is 25.4 Å².